The first-order chi connectivity index (χ1) is 13.6. The minimum absolute atomic E-state index is 0.288. The standard InChI is InChI=1S/C20H28N4O4S/c1-14(2)17-8-5-7-16(22-17)13-19-18(23-29(26,27)12-10-21)9-6-11-24(19)20(25)28-15(3)4/h5,7-8,15,18-19,23H,1,6,9,11-13H2,2-4H3/t18-,19-/m0/s1. The molecule has 2 atom stereocenters. The van der Waals surface area contributed by atoms with E-state index in [9.17, 15) is 13.2 Å². The Morgan fingerprint density at radius 3 is 2.83 bits per heavy atom. The minimum Gasteiger partial charge on any atom is -0.447 e. The van der Waals surface area contributed by atoms with Crippen molar-refractivity contribution in [3.8, 4) is 6.07 Å². The van der Waals surface area contributed by atoms with Crippen LogP contribution in [0.4, 0.5) is 4.79 Å². The molecule has 0 spiro atoms. The normalized spacial score (nSPS) is 19.6. The van der Waals surface area contributed by atoms with Gasteiger partial charge in [-0.25, -0.2) is 17.9 Å². The lowest BCUT2D eigenvalue weighted by atomic mass is 9.93. The maximum absolute atomic E-state index is 12.7. The smallest absolute Gasteiger partial charge is 0.410 e. The van der Waals surface area contributed by atoms with Crippen LogP contribution in [0.1, 0.15) is 45.0 Å². The average molecular weight is 421 g/mol. The summed E-state index contributed by atoms with van der Waals surface area (Å²) < 4.78 is 32.4. The molecule has 0 saturated carbocycles. The molecular weight excluding hydrogens is 392 g/mol. The summed E-state index contributed by atoms with van der Waals surface area (Å²) in [6.45, 7) is 9.76. The maximum atomic E-state index is 12.7. The first kappa shape index (κ1) is 22.8. The molecule has 0 unspecified atom stereocenters. The van der Waals surface area contributed by atoms with E-state index in [0.29, 0.717) is 25.8 Å². The summed E-state index contributed by atoms with van der Waals surface area (Å²) in [7, 11) is -3.77. The highest BCUT2D eigenvalue weighted by molar-refractivity contribution is 7.89. The van der Waals surface area contributed by atoms with Crippen LogP contribution < -0.4 is 4.72 Å². The number of carbonyl (C=O) groups excluding carboxylic acids is 1. The van der Waals surface area contributed by atoms with Crippen LogP contribution in [0.15, 0.2) is 24.8 Å². The van der Waals surface area contributed by atoms with Crippen molar-refractivity contribution in [2.45, 2.75) is 58.2 Å². The van der Waals surface area contributed by atoms with E-state index in [1.165, 1.54) is 0 Å². The quantitative estimate of drug-likeness (QED) is 0.725. The van der Waals surface area contributed by atoms with Gasteiger partial charge in [0.05, 0.1) is 23.9 Å². The second kappa shape index (κ2) is 9.85. The number of hydrogen-bond acceptors (Lipinski definition) is 6. The van der Waals surface area contributed by atoms with E-state index in [0.717, 1.165) is 17.0 Å². The van der Waals surface area contributed by atoms with E-state index in [-0.39, 0.29) is 6.10 Å². The summed E-state index contributed by atoms with van der Waals surface area (Å²) in [5.41, 5.74) is 2.29. The second-order valence-electron chi connectivity index (χ2n) is 7.48. The van der Waals surface area contributed by atoms with Crippen molar-refractivity contribution in [1.29, 1.82) is 5.26 Å². The zero-order valence-electron chi connectivity index (χ0n) is 17.1. The molecule has 9 heteroatoms. The van der Waals surface area contributed by atoms with Crippen molar-refractivity contribution in [2.75, 3.05) is 12.3 Å². The van der Waals surface area contributed by atoms with Crippen LogP contribution in [0.25, 0.3) is 5.57 Å². The van der Waals surface area contributed by atoms with Gasteiger partial charge >= 0.3 is 6.09 Å². The van der Waals surface area contributed by atoms with E-state index < -0.39 is 34.0 Å². The molecule has 1 N–H and O–H groups in total. The van der Waals surface area contributed by atoms with E-state index in [2.05, 4.69) is 16.3 Å². The third-order valence-electron chi connectivity index (χ3n) is 4.60. The third-order valence-corrected chi connectivity index (χ3v) is 5.77. The molecule has 0 radical (unpaired) electrons. The third kappa shape index (κ3) is 6.54. The van der Waals surface area contributed by atoms with Crippen LogP contribution in [-0.4, -0.2) is 54.9 Å². The van der Waals surface area contributed by atoms with E-state index in [4.69, 9.17) is 10.00 Å². The molecule has 158 valence electrons. The first-order valence-electron chi connectivity index (χ1n) is 9.59. The van der Waals surface area contributed by atoms with Gasteiger partial charge in [0.25, 0.3) is 0 Å². The number of nitriles is 1. The molecule has 29 heavy (non-hydrogen) atoms. The van der Waals surface area contributed by atoms with Crippen LogP contribution in [-0.2, 0) is 21.2 Å². The number of rotatable bonds is 7. The number of pyridine rings is 1. The second-order valence-corrected chi connectivity index (χ2v) is 9.23. The van der Waals surface area contributed by atoms with Crippen molar-refractivity contribution in [2.24, 2.45) is 0 Å². The van der Waals surface area contributed by atoms with Crippen molar-refractivity contribution in [3.63, 3.8) is 0 Å². The van der Waals surface area contributed by atoms with Crippen LogP contribution in [0.2, 0.25) is 0 Å². The number of piperidine rings is 1. The summed E-state index contributed by atoms with van der Waals surface area (Å²) in [5, 5.41) is 8.78. The van der Waals surface area contributed by atoms with Gasteiger partial charge in [0, 0.05) is 24.7 Å². The Labute approximate surface area is 172 Å². The van der Waals surface area contributed by atoms with Crippen molar-refractivity contribution in [1.82, 2.24) is 14.6 Å². The predicted molar refractivity (Wildman–Crippen MR) is 110 cm³/mol. The number of allylic oxidation sites excluding steroid dienone is 1. The fourth-order valence-electron chi connectivity index (χ4n) is 3.35. The van der Waals surface area contributed by atoms with Crippen molar-refractivity contribution >= 4 is 21.7 Å². The van der Waals surface area contributed by atoms with Crippen LogP contribution in [0.3, 0.4) is 0 Å². The number of aromatic nitrogens is 1. The summed E-state index contributed by atoms with van der Waals surface area (Å²) in [5.74, 6) is -0.629. The van der Waals surface area contributed by atoms with Gasteiger partial charge in [0.15, 0.2) is 5.75 Å². The van der Waals surface area contributed by atoms with Crippen molar-refractivity contribution in [3.05, 3.63) is 36.2 Å². The first-order valence-corrected chi connectivity index (χ1v) is 11.2. The molecule has 8 nitrogen and oxygen atoms in total. The molecule has 2 rings (SSSR count). The molecule has 1 aromatic heterocycles. The molecular formula is C20H28N4O4S. The fraction of sp³-hybridized carbons (Fsp3) is 0.550. The zero-order valence-corrected chi connectivity index (χ0v) is 17.9. The van der Waals surface area contributed by atoms with Gasteiger partial charge in [0.1, 0.15) is 0 Å². The van der Waals surface area contributed by atoms with Crippen molar-refractivity contribution < 1.29 is 17.9 Å². The highest BCUT2D eigenvalue weighted by Gasteiger charge is 2.37. The van der Waals surface area contributed by atoms with Gasteiger partial charge in [-0.2, -0.15) is 5.26 Å². The van der Waals surface area contributed by atoms with Crippen LogP contribution in [0.5, 0.6) is 0 Å². The minimum atomic E-state index is -3.77. The summed E-state index contributed by atoms with van der Waals surface area (Å²) in [6, 6.07) is 6.21. The van der Waals surface area contributed by atoms with Gasteiger partial charge in [-0.15, -0.1) is 0 Å². The lowest BCUT2D eigenvalue weighted by Gasteiger charge is -2.41. The molecule has 2 heterocycles. The van der Waals surface area contributed by atoms with Crippen LogP contribution >= 0.6 is 0 Å². The molecule has 1 saturated heterocycles. The van der Waals surface area contributed by atoms with Gasteiger partial charge < -0.3 is 9.64 Å². The molecule has 1 amide bonds. The number of carbonyl (C=O) groups is 1. The number of amides is 1. The summed E-state index contributed by atoms with van der Waals surface area (Å²) in [6.07, 6.45) is 0.770. The average Bonchev–Trinajstić information content (AvgIpc) is 2.62. The SMILES string of the molecule is C=C(C)c1cccc(C[C@H]2[C@@H](NS(=O)(=O)CC#N)CCCN2C(=O)OC(C)C)n1. The highest BCUT2D eigenvalue weighted by atomic mass is 32.2. The lowest BCUT2D eigenvalue weighted by Crippen LogP contribution is -2.58. The Kier molecular flexibility index (Phi) is 7.76. The zero-order chi connectivity index (χ0) is 21.6. The van der Waals surface area contributed by atoms with E-state index in [1.807, 2.05) is 25.1 Å². The van der Waals surface area contributed by atoms with Crippen LogP contribution in [0, 0.1) is 11.3 Å². The maximum Gasteiger partial charge on any atom is 0.410 e. The van der Waals surface area contributed by atoms with Gasteiger partial charge in [-0.05, 0) is 51.3 Å². The van der Waals surface area contributed by atoms with Gasteiger partial charge in [-0.3, -0.25) is 4.98 Å². The Balaban J connectivity index is 2.34. The number of hydrogen-bond donors (Lipinski definition) is 1. The summed E-state index contributed by atoms with van der Waals surface area (Å²) >= 11 is 0. The molecule has 1 aliphatic heterocycles. The molecule has 0 aromatic carbocycles. The number of sulfonamides is 1. The topological polar surface area (TPSA) is 112 Å². The number of nitrogens with one attached hydrogen (secondary N) is 1. The number of likely N-dealkylation sites (tertiary alicyclic amines) is 1. The van der Waals surface area contributed by atoms with Gasteiger partial charge in [0.2, 0.25) is 10.0 Å². The van der Waals surface area contributed by atoms with Gasteiger partial charge in [-0.1, -0.05) is 12.6 Å². The highest BCUT2D eigenvalue weighted by Crippen LogP contribution is 2.23. The molecule has 1 aliphatic rings. The monoisotopic (exact) mass is 420 g/mol. The lowest BCUT2D eigenvalue weighted by molar-refractivity contribution is 0.0459. The molecule has 1 aromatic rings. The molecule has 0 aliphatic carbocycles. The predicted octanol–water partition coefficient (Wildman–Crippen LogP) is 2.48. The Hall–Kier alpha value is -2.44. The Bertz CT molecular complexity index is 892. The Morgan fingerprint density at radius 2 is 2.21 bits per heavy atom. The number of ether oxygens (including phenoxy) is 1. The summed E-state index contributed by atoms with van der Waals surface area (Å²) in [4.78, 5) is 18.8. The number of nitrogens with zero attached hydrogens (tertiary/aromatic N) is 3. The largest absolute Gasteiger partial charge is 0.447 e. The molecule has 0 bridgehead atoms. The molecule has 1 fully saturated rings. The van der Waals surface area contributed by atoms with E-state index in [1.54, 1.807) is 24.8 Å². The van der Waals surface area contributed by atoms with E-state index >= 15 is 0 Å². The fourth-order valence-corrected chi connectivity index (χ4v) is 4.33. The Morgan fingerprint density at radius 1 is 1.48 bits per heavy atom.